The molecule has 15 heavy (non-hydrogen) atoms. The van der Waals surface area contributed by atoms with E-state index in [0.717, 1.165) is 0 Å². The molecule has 2 aromatic rings. The van der Waals surface area contributed by atoms with Gasteiger partial charge in [0.15, 0.2) is 0 Å². The molecule has 1 aromatic carbocycles. The van der Waals surface area contributed by atoms with E-state index in [1.165, 1.54) is 12.1 Å². The van der Waals surface area contributed by atoms with Crippen LogP contribution in [0.3, 0.4) is 0 Å². The highest BCUT2D eigenvalue weighted by molar-refractivity contribution is 6.30. The first-order chi connectivity index (χ1) is 7.18. The summed E-state index contributed by atoms with van der Waals surface area (Å²) in [5.74, 6) is -0.524. The Balaban J connectivity index is 2.34. The first kappa shape index (κ1) is 10.2. The molecule has 0 saturated heterocycles. The quantitative estimate of drug-likeness (QED) is 0.810. The summed E-state index contributed by atoms with van der Waals surface area (Å²) in [7, 11) is 0. The van der Waals surface area contributed by atoms with E-state index >= 15 is 0 Å². The number of halogens is 2. The molecule has 0 radical (unpaired) electrons. The number of aliphatic hydroxyl groups is 1. The maximum absolute atomic E-state index is 13.1. The molecule has 0 aliphatic carbocycles. The van der Waals surface area contributed by atoms with Crippen molar-refractivity contribution in [1.82, 2.24) is 4.98 Å². The zero-order valence-corrected chi connectivity index (χ0v) is 8.50. The highest BCUT2D eigenvalue weighted by atomic mass is 35.5. The smallest absolute Gasteiger partial charge is 0.142 e. The van der Waals surface area contributed by atoms with Crippen molar-refractivity contribution in [2.24, 2.45) is 0 Å². The summed E-state index contributed by atoms with van der Waals surface area (Å²) in [6.45, 7) is 0. The topological polar surface area (TPSA) is 36.0 Å². The maximum atomic E-state index is 13.1. The van der Waals surface area contributed by atoms with Crippen LogP contribution in [0.15, 0.2) is 36.7 Å². The number of benzene rings is 1. The van der Waals surface area contributed by atoms with Crippen LogP contribution in [0.2, 0.25) is 5.02 Å². The molecule has 0 amide bonds. The summed E-state index contributed by atoms with van der Waals surface area (Å²) < 4.78 is 13.1. The molecule has 0 fully saturated rings. The lowest BCUT2D eigenvalue weighted by atomic mass is 10.0. The zero-order valence-electron chi connectivity index (χ0n) is 7.74. The number of aliphatic hydroxyl groups excluding tert-OH is 1. The van der Waals surface area contributed by atoms with Crippen molar-refractivity contribution < 1.29 is 9.50 Å². The van der Waals surface area contributed by atoms with Gasteiger partial charge in [0, 0.05) is 18.0 Å². The fourth-order valence-corrected chi connectivity index (χ4v) is 1.50. The first-order valence-corrected chi connectivity index (χ1v) is 4.82. The van der Waals surface area contributed by atoms with Crippen LogP contribution in [-0.4, -0.2) is 10.1 Å². The van der Waals surface area contributed by atoms with Gasteiger partial charge in [-0.1, -0.05) is 17.7 Å². The third-order valence-electron chi connectivity index (χ3n) is 2.20. The Bertz CT molecular complexity index is 456. The molecular weight excluding hydrogens is 217 g/mol. The molecule has 4 heteroatoms. The molecule has 2 nitrogen and oxygen atoms in total. The molecule has 0 aliphatic heterocycles. The van der Waals surface area contributed by atoms with E-state index in [4.69, 9.17) is 11.6 Å². The maximum Gasteiger partial charge on any atom is 0.142 e. The second-order valence-electron chi connectivity index (χ2n) is 3.22. The second kappa shape index (κ2) is 4.04. The monoisotopic (exact) mass is 225 g/mol. The number of hydrogen-bond donors (Lipinski definition) is 2. The molecule has 1 unspecified atom stereocenters. The van der Waals surface area contributed by atoms with Crippen molar-refractivity contribution in [3.05, 3.63) is 58.6 Å². The van der Waals surface area contributed by atoms with E-state index in [2.05, 4.69) is 4.98 Å². The molecule has 0 spiro atoms. The van der Waals surface area contributed by atoms with Crippen LogP contribution in [-0.2, 0) is 0 Å². The number of rotatable bonds is 2. The Hall–Kier alpha value is -1.32. The standard InChI is InChI=1S/C11H9ClFNO/c12-9-2-1-7(5-10(9)13)11(15)8-3-4-14-6-8/h1-6,11,14-15H. The van der Waals surface area contributed by atoms with E-state index < -0.39 is 11.9 Å². The third-order valence-corrected chi connectivity index (χ3v) is 2.50. The van der Waals surface area contributed by atoms with Gasteiger partial charge in [-0.2, -0.15) is 0 Å². The fourth-order valence-electron chi connectivity index (χ4n) is 1.38. The van der Waals surface area contributed by atoms with E-state index in [-0.39, 0.29) is 5.02 Å². The van der Waals surface area contributed by atoms with E-state index in [9.17, 15) is 9.50 Å². The number of nitrogens with one attached hydrogen (secondary N) is 1. The van der Waals surface area contributed by atoms with Crippen LogP contribution in [0, 0.1) is 5.82 Å². The first-order valence-electron chi connectivity index (χ1n) is 4.44. The van der Waals surface area contributed by atoms with Crippen LogP contribution >= 0.6 is 11.6 Å². The molecule has 0 bridgehead atoms. The average molecular weight is 226 g/mol. The molecule has 0 saturated carbocycles. The molecule has 0 aliphatic rings. The summed E-state index contributed by atoms with van der Waals surface area (Å²) in [4.78, 5) is 2.83. The molecule has 1 aromatic heterocycles. The van der Waals surface area contributed by atoms with Crippen molar-refractivity contribution >= 4 is 11.6 Å². The van der Waals surface area contributed by atoms with Crippen molar-refractivity contribution in [2.45, 2.75) is 6.10 Å². The fraction of sp³-hybridized carbons (Fsp3) is 0.0909. The zero-order chi connectivity index (χ0) is 10.8. The highest BCUT2D eigenvalue weighted by Crippen LogP contribution is 2.24. The van der Waals surface area contributed by atoms with Crippen LogP contribution in [0.4, 0.5) is 4.39 Å². The van der Waals surface area contributed by atoms with Crippen molar-refractivity contribution in [1.29, 1.82) is 0 Å². The minimum Gasteiger partial charge on any atom is -0.384 e. The Labute approximate surface area is 91.3 Å². The number of aromatic amines is 1. The Kier molecular flexibility index (Phi) is 2.75. The van der Waals surface area contributed by atoms with Crippen LogP contribution < -0.4 is 0 Å². The summed E-state index contributed by atoms with van der Waals surface area (Å²) in [6.07, 6.45) is 2.53. The highest BCUT2D eigenvalue weighted by Gasteiger charge is 2.12. The van der Waals surface area contributed by atoms with Crippen LogP contribution in [0.25, 0.3) is 0 Å². The average Bonchev–Trinajstić information content (AvgIpc) is 2.74. The summed E-state index contributed by atoms with van der Waals surface area (Å²) >= 11 is 5.55. The van der Waals surface area contributed by atoms with Crippen LogP contribution in [0.1, 0.15) is 17.2 Å². The Morgan fingerprint density at radius 1 is 1.27 bits per heavy atom. The van der Waals surface area contributed by atoms with E-state index in [0.29, 0.717) is 11.1 Å². The van der Waals surface area contributed by atoms with Gasteiger partial charge in [0.05, 0.1) is 5.02 Å². The van der Waals surface area contributed by atoms with Gasteiger partial charge in [0.1, 0.15) is 11.9 Å². The van der Waals surface area contributed by atoms with Gasteiger partial charge < -0.3 is 10.1 Å². The van der Waals surface area contributed by atoms with Gasteiger partial charge in [-0.15, -0.1) is 0 Å². The van der Waals surface area contributed by atoms with Gasteiger partial charge in [0.25, 0.3) is 0 Å². The van der Waals surface area contributed by atoms with Gasteiger partial charge in [-0.05, 0) is 23.8 Å². The lowest BCUT2D eigenvalue weighted by Gasteiger charge is -2.09. The molecule has 2 N–H and O–H groups in total. The van der Waals surface area contributed by atoms with Gasteiger partial charge in [-0.25, -0.2) is 4.39 Å². The van der Waals surface area contributed by atoms with Gasteiger partial charge in [-0.3, -0.25) is 0 Å². The van der Waals surface area contributed by atoms with Gasteiger partial charge >= 0.3 is 0 Å². The summed E-state index contributed by atoms with van der Waals surface area (Å²) in [5, 5.41) is 9.92. The lowest BCUT2D eigenvalue weighted by molar-refractivity contribution is 0.220. The Morgan fingerprint density at radius 2 is 2.07 bits per heavy atom. The van der Waals surface area contributed by atoms with E-state index in [1.54, 1.807) is 24.5 Å². The van der Waals surface area contributed by atoms with Crippen LogP contribution in [0.5, 0.6) is 0 Å². The Morgan fingerprint density at radius 3 is 2.67 bits per heavy atom. The molecule has 1 atom stereocenters. The molecular formula is C11H9ClFNO. The minimum absolute atomic E-state index is 0.0556. The van der Waals surface area contributed by atoms with Gasteiger partial charge in [0.2, 0.25) is 0 Å². The van der Waals surface area contributed by atoms with Crippen molar-refractivity contribution in [3.8, 4) is 0 Å². The molecule has 1 heterocycles. The SMILES string of the molecule is OC(c1cc[nH]c1)c1ccc(Cl)c(F)c1. The predicted molar refractivity (Wildman–Crippen MR) is 56.3 cm³/mol. The number of hydrogen-bond acceptors (Lipinski definition) is 1. The molecule has 2 rings (SSSR count). The largest absolute Gasteiger partial charge is 0.384 e. The summed E-state index contributed by atoms with van der Waals surface area (Å²) in [5.41, 5.74) is 1.17. The second-order valence-corrected chi connectivity index (χ2v) is 3.63. The normalized spacial score (nSPS) is 12.7. The van der Waals surface area contributed by atoms with E-state index in [1.807, 2.05) is 0 Å². The third kappa shape index (κ3) is 2.03. The number of aromatic nitrogens is 1. The number of H-pyrrole nitrogens is 1. The van der Waals surface area contributed by atoms with Crippen molar-refractivity contribution in [2.75, 3.05) is 0 Å². The van der Waals surface area contributed by atoms with Crippen molar-refractivity contribution in [3.63, 3.8) is 0 Å². The predicted octanol–water partition coefficient (Wildman–Crippen LogP) is 2.89. The molecule has 78 valence electrons. The summed E-state index contributed by atoms with van der Waals surface area (Å²) in [6, 6.07) is 6.00. The lowest BCUT2D eigenvalue weighted by Crippen LogP contribution is -1.98. The minimum atomic E-state index is -0.831.